The number of hydrogen-bond donors (Lipinski definition) is 2. The van der Waals surface area contributed by atoms with Crippen molar-refractivity contribution in [3.63, 3.8) is 0 Å². The first-order chi connectivity index (χ1) is 9.45. The van der Waals surface area contributed by atoms with Gasteiger partial charge in [0.2, 0.25) is 0 Å². The predicted octanol–water partition coefficient (Wildman–Crippen LogP) is 0.627. The Bertz CT molecular complexity index is 489. The number of carboxylic acid groups (broad SMARTS) is 1. The molecule has 1 rings (SSSR count). The van der Waals surface area contributed by atoms with Gasteiger partial charge in [-0.3, -0.25) is 4.79 Å². The molecule has 0 aliphatic heterocycles. The summed E-state index contributed by atoms with van der Waals surface area (Å²) in [7, 11) is 2.54. The lowest BCUT2D eigenvalue weighted by Gasteiger charge is -2.21. The van der Waals surface area contributed by atoms with Crippen molar-refractivity contribution in [1.82, 2.24) is 10.2 Å². The average molecular weight is 280 g/mol. The van der Waals surface area contributed by atoms with Gasteiger partial charge >= 0.3 is 18.0 Å². The number of carbonyl (C=O) groups excluding carboxylic acids is 2. The number of likely N-dealkylation sites (N-methyl/N-ethyl adjacent to an activating group) is 1. The lowest BCUT2D eigenvalue weighted by Crippen LogP contribution is -2.44. The maximum atomic E-state index is 11.8. The van der Waals surface area contributed by atoms with E-state index in [9.17, 15) is 14.4 Å². The van der Waals surface area contributed by atoms with Gasteiger partial charge < -0.3 is 20.1 Å². The largest absolute Gasteiger partial charge is 0.480 e. The second-order valence-electron chi connectivity index (χ2n) is 4.07. The normalized spacial score (nSPS) is 11.3. The first-order valence-electron chi connectivity index (χ1n) is 5.82. The van der Waals surface area contributed by atoms with E-state index in [2.05, 4.69) is 10.1 Å². The monoisotopic (exact) mass is 280 g/mol. The summed E-state index contributed by atoms with van der Waals surface area (Å²) in [5, 5.41) is 11.1. The van der Waals surface area contributed by atoms with Gasteiger partial charge in [0.05, 0.1) is 7.11 Å². The van der Waals surface area contributed by atoms with E-state index in [4.69, 9.17) is 5.11 Å². The van der Waals surface area contributed by atoms with Crippen LogP contribution in [0.2, 0.25) is 0 Å². The molecule has 1 aromatic carbocycles. The molecule has 0 aromatic heterocycles. The minimum Gasteiger partial charge on any atom is -0.480 e. The highest BCUT2D eigenvalue weighted by Gasteiger charge is 2.25. The molecule has 0 heterocycles. The molecule has 0 saturated heterocycles. The molecule has 20 heavy (non-hydrogen) atoms. The number of benzene rings is 1. The molecule has 0 aliphatic carbocycles. The molecule has 108 valence electrons. The summed E-state index contributed by atoms with van der Waals surface area (Å²) in [6.45, 7) is -0.464. The Morgan fingerprint density at radius 2 is 1.90 bits per heavy atom. The van der Waals surface area contributed by atoms with E-state index in [1.807, 2.05) is 0 Å². The van der Waals surface area contributed by atoms with Gasteiger partial charge in [-0.15, -0.1) is 0 Å². The van der Waals surface area contributed by atoms with Crippen LogP contribution in [0.1, 0.15) is 11.6 Å². The van der Waals surface area contributed by atoms with Crippen molar-refractivity contribution in [3.05, 3.63) is 35.9 Å². The molecule has 2 N–H and O–H groups in total. The molecule has 0 saturated carbocycles. The summed E-state index contributed by atoms with van der Waals surface area (Å²) in [4.78, 5) is 35.1. The highest BCUT2D eigenvalue weighted by atomic mass is 16.5. The number of urea groups is 1. The van der Waals surface area contributed by atoms with Crippen LogP contribution in [0.3, 0.4) is 0 Å². The van der Waals surface area contributed by atoms with Crippen LogP contribution in [0.5, 0.6) is 0 Å². The van der Waals surface area contributed by atoms with E-state index < -0.39 is 30.6 Å². The van der Waals surface area contributed by atoms with Crippen LogP contribution in [-0.2, 0) is 14.3 Å². The Morgan fingerprint density at radius 1 is 1.30 bits per heavy atom. The number of methoxy groups -OCH3 is 1. The third-order valence-electron chi connectivity index (χ3n) is 2.56. The highest BCUT2D eigenvalue weighted by molar-refractivity contribution is 5.86. The summed E-state index contributed by atoms with van der Waals surface area (Å²) in [6, 6.07) is 6.89. The van der Waals surface area contributed by atoms with E-state index in [1.54, 1.807) is 30.3 Å². The fourth-order valence-corrected chi connectivity index (χ4v) is 1.55. The molecule has 1 atom stereocenters. The maximum absolute atomic E-state index is 11.8. The first-order valence-corrected chi connectivity index (χ1v) is 5.82. The Hall–Kier alpha value is -2.57. The third-order valence-corrected chi connectivity index (χ3v) is 2.56. The lowest BCUT2D eigenvalue weighted by atomic mass is 10.1. The molecule has 1 aromatic rings. The fourth-order valence-electron chi connectivity index (χ4n) is 1.55. The number of aliphatic carboxylic acids is 1. The Labute approximate surface area is 116 Å². The van der Waals surface area contributed by atoms with Gasteiger partial charge in [-0.05, 0) is 5.56 Å². The molecular weight excluding hydrogens is 264 g/mol. The van der Waals surface area contributed by atoms with E-state index in [0.29, 0.717) is 5.56 Å². The number of rotatable bonds is 5. The number of nitrogens with one attached hydrogen (secondary N) is 1. The first kappa shape index (κ1) is 15.5. The molecule has 7 heteroatoms. The fraction of sp³-hybridized carbons (Fsp3) is 0.308. The van der Waals surface area contributed by atoms with Crippen molar-refractivity contribution >= 4 is 18.0 Å². The number of ether oxygens (including phenoxy) is 1. The van der Waals surface area contributed by atoms with E-state index in [-0.39, 0.29) is 0 Å². The number of carbonyl (C=O) groups is 3. The number of carboxylic acids is 1. The van der Waals surface area contributed by atoms with Crippen molar-refractivity contribution in [2.75, 3.05) is 20.7 Å². The van der Waals surface area contributed by atoms with Crippen LogP contribution in [0.25, 0.3) is 0 Å². The number of esters is 1. The lowest BCUT2D eigenvalue weighted by molar-refractivity contribution is -0.143. The van der Waals surface area contributed by atoms with E-state index >= 15 is 0 Å². The van der Waals surface area contributed by atoms with Crippen LogP contribution >= 0.6 is 0 Å². The van der Waals surface area contributed by atoms with Gasteiger partial charge in [-0.1, -0.05) is 30.3 Å². The number of nitrogens with zero attached hydrogens (tertiary/aromatic N) is 1. The van der Waals surface area contributed by atoms with Gasteiger partial charge in [-0.25, -0.2) is 9.59 Å². The summed E-state index contributed by atoms with van der Waals surface area (Å²) in [6.07, 6.45) is 0. The second-order valence-corrected chi connectivity index (χ2v) is 4.07. The Morgan fingerprint density at radius 3 is 2.40 bits per heavy atom. The standard InChI is InChI=1S/C13H16N2O5/c1-15(8-10(16)17)13(19)14-11(12(18)20-2)9-6-4-3-5-7-9/h3-7,11H,8H2,1-2H3,(H,14,19)(H,16,17). The smallest absolute Gasteiger partial charge is 0.333 e. The van der Waals surface area contributed by atoms with Gasteiger partial charge in [0.25, 0.3) is 0 Å². The maximum Gasteiger partial charge on any atom is 0.333 e. The average Bonchev–Trinajstić information content (AvgIpc) is 2.43. The Balaban J connectivity index is 2.84. The molecule has 0 fully saturated rings. The molecule has 0 spiro atoms. The topological polar surface area (TPSA) is 95.9 Å². The number of hydrogen-bond acceptors (Lipinski definition) is 4. The van der Waals surface area contributed by atoms with Gasteiger partial charge in [-0.2, -0.15) is 0 Å². The summed E-state index contributed by atoms with van der Waals surface area (Å²) in [5.41, 5.74) is 0.552. The van der Waals surface area contributed by atoms with Gasteiger partial charge in [0, 0.05) is 7.05 Å². The zero-order chi connectivity index (χ0) is 15.1. The zero-order valence-electron chi connectivity index (χ0n) is 11.2. The van der Waals surface area contributed by atoms with Gasteiger partial charge in [0.1, 0.15) is 6.54 Å². The molecule has 0 aliphatic rings. The van der Waals surface area contributed by atoms with Crippen molar-refractivity contribution in [1.29, 1.82) is 0 Å². The summed E-state index contributed by atoms with van der Waals surface area (Å²) >= 11 is 0. The van der Waals surface area contributed by atoms with Crippen LogP contribution < -0.4 is 5.32 Å². The minimum atomic E-state index is -1.14. The third kappa shape index (κ3) is 4.27. The summed E-state index contributed by atoms with van der Waals surface area (Å²) < 4.78 is 4.64. The molecule has 0 bridgehead atoms. The van der Waals surface area contributed by atoms with Crippen molar-refractivity contribution in [2.45, 2.75) is 6.04 Å². The molecule has 2 amide bonds. The van der Waals surface area contributed by atoms with Crippen molar-refractivity contribution in [3.8, 4) is 0 Å². The van der Waals surface area contributed by atoms with Crippen molar-refractivity contribution in [2.24, 2.45) is 0 Å². The molecule has 0 radical (unpaired) electrons. The molecule has 1 unspecified atom stereocenters. The quantitative estimate of drug-likeness (QED) is 0.771. The predicted molar refractivity (Wildman–Crippen MR) is 70.0 cm³/mol. The van der Waals surface area contributed by atoms with Crippen LogP contribution in [0.15, 0.2) is 30.3 Å². The SMILES string of the molecule is COC(=O)C(NC(=O)N(C)CC(=O)O)c1ccccc1. The van der Waals surface area contributed by atoms with Crippen LogP contribution in [0, 0.1) is 0 Å². The highest BCUT2D eigenvalue weighted by Crippen LogP contribution is 2.14. The molecular formula is C13H16N2O5. The van der Waals surface area contributed by atoms with Gasteiger partial charge in [0.15, 0.2) is 6.04 Å². The molecule has 7 nitrogen and oxygen atoms in total. The van der Waals surface area contributed by atoms with E-state index in [1.165, 1.54) is 14.2 Å². The Kier molecular flexibility index (Phi) is 5.52. The number of amides is 2. The van der Waals surface area contributed by atoms with Crippen LogP contribution in [-0.4, -0.2) is 48.7 Å². The minimum absolute atomic E-state index is 0.464. The van der Waals surface area contributed by atoms with E-state index in [0.717, 1.165) is 4.90 Å². The van der Waals surface area contributed by atoms with Crippen molar-refractivity contribution < 1.29 is 24.2 Å². The second kappa shape index (κ2) is 7.13. The summed E-state index contributed by atoms with van der Waals surface area (Å²) in [5.74, 6) is -1.77. The zero-order valence-corrected chi connectivity index (χ0v) is 11.2. The van der Waals surface area contributed by atoms with Crippen LogP contribution in [0.4, 0.5) is 4.79 Å².